The first-order valence-corrected chi connectivity index (χ1v) is 7.44. The molecule has 0 spiro atoms. The molecule has 2 aromatic heterocycles. The highest BCUT2D eigenvalue weighted by molar-refractivity contribution is 7.89. The highest BCUT2D eigenvalue weighted by atomic mass is 35.5. The second-order valence-corrected chi connectivity index (χ2v) is 6.09. The average Bonchev–Trinajstić information content (AvgIpc) is 2.36. The van der Waals surface area contributed by atoms with Gasteiger partial charge in [-0.1, -0.05) is 11.6 Å². The van der Waals surface area contributed by atoms with Crippen LogP contribution in [0.2, 0.25) is 5.15 Å². The van der Waals surface area contributed by atoms with Crippen LogP contribution in [0.15, 0.2) is 29.3 Å². The summed E-state index contributed by atoms with van der Waals surface area (Å²) < 4.78 is 23.9. The largest absolute Gasteiger partial charge is 0.276 e. The van der Waals surface area contributed by atoms with Crippen LogP contribution >= 0.6 is 11.6 Å². The number of hydrogen-bond acceptors (Lipinski definition) is 6. The second kappa shape index (κ2) is 5.70. The SMILES string of the molecule is Cc1cc(C)nc(NNS(=O)(=O)c2ccc(Cl)nc2)n1. The van der Waals surface area contributed by atoms with Crippen molar-refractivity contribution < 1.29 is 8.42 Å². The van der Waals surface area contributed by atoms with E-state index in [0.717, 1.165) is 17.6 Å². The van der Waals surface area contributed by atoms with Gasteiger partial charge in [-0.3, -0.25) is 5.43 Å². The number of aromatic nitrogens is 3. The van der Waals surface area contributed by atoms with Crippen molar-refractivity contribution in [1.82, 2.24) is 19.8 Å². The molecular weight excluding hydrogens is 302 g/mol. The standard InChI is InChI=1S/C11H12ClN5O2S/c1-7-5-8(2)15-11(14-7)16-17-20(18,19)9-3-4-10(12)13-6-9/h3-6,17H,1-2H3,(H,14,15,16). The maximum absolute atomic E-state index is 12.0. The zero-order chi connectivity index (χ0) is 14.8. The van der Waals surface area contributed by atoms with Gasteiger partial charge in [-0.2, -0.15) is 0 Å². The van der Waals surface area contributed by atoms with Gasteiger partial charge in [-0.25, -0.2) is 23.4 Å². The fourth-order valence-electron chi connectivity index (χ4n) is 1.47. The summed E-state index contributed by atoms with van der Waals surface area (Å²) in [7, 11) is -3.76. The minimum absolute atomic E-state index is 0.0150. The van der Waals surface area contributed by atoms with Crippen LogP contribution in [-0.4, -0.2) is 23.4 Å². The molecule has 0 unspecified atom stereocenters. The first kappa shape index (κ1) is 14.6. The molecule has 7 nitrogen and oxygen atoms in total. The van der Waals surface area contributed by atoms with E-state index in [2.05, 4.69) is 25.2 Å². The fourth-order valence-corrected chi connectivity index (χ4v) is 2.37. The number of sulfonamides is 1. The smallest absolute Gasteiger partial charge is 0.258 e. The molecule has 2 aromatic rings. The van der Waals surface area contributed by atoms with Crippen LogP contribution in [0.4, 0.5) is 5.95 Å². The molecule has 0 fully saturated rings. The predicted octanol–water partition coefficient (Wildman–Crippen LogP) is 1.45. The van der Waals surface area contributed by atoms with Gasteiger partial charge < -0.3 is 0 Å². The van der Waals surface area contributed by atoms with Crippen LogP contribution in [0, 0.1) is 13.8 Å². The summed E-state index contributed by atoms with van der Waals surface area (Å²) in [6, 6.07) is 4.52. The van der Waals surface area contributed by atoms with E-state index in [1.54, 1.807) is 19.9 Å². The lowest BCUT2D eigenvalue weighted by Gasteiger charge is -2.09. The predicted molar refractivity (Wildman–Crippen MR) is 74.7 cm³/mol. The van der Waals surface area contributed by atoms with Crippen LogP contribution in [0.25, 0.3) is 0 Å². The van der Waals surface area contributed by atoms with Gasteiger partial charge in [-0.15, -0.1) is 4.83 Å². The third kappa shape index (κ3) is 3.62. The molecule has 2 N–H and O–H groups in total. The maximum atomic E-state index is 12.0. The highest BCUT2D eigenvalue weighted by Gasteiger charge is 2.14. The monoisotopic (exact) mass is 313 g/mol. The van der Waals surface area contributed by atoms with Crippen LogP contribution < -0.4 is 10.3 Å². The molecule has 0 saturated carbocycles. The lowest BCUT2D eigenvalue weighted by atomic mass is 10.4. The van der Waals surface area contributed by atoms with Crippen molar-refractivity contribution in [2.45, 2.75) is 18.7 Å². The Morgan fingerprint density at radius 2 is 1.80 bits per heavy atom. The van der Waals surface area contributed by atoms with Crippen LogP contribution in [0.3, 0.4) is 0 Å². The van der Waals surface area contributed by atoms with E-state index in [1.165, 1.54) is 12.1 Å². The minimum atomic E-state index is -3.76. The number of halogens is 1. The number of anilines is 1. The van der Waals surface area contributed by atoms with Gasteiger partial charge in [0.2, 0.25) is 5.95 Å². The van der Waals surface area contributed by atoms with E-state index >= 15 is 0 Å². The molecule has 2 heterocycles. The van der Waals surface area contributed by atoms with E-state index in [4.69, 9.17) is 11.6 Å². The lowest BCUT2D eigenvalue weighted by Crippen LogP contribution is -2.30. The highest BCUT2D eigenvalue weighted by Crippen LogP contribution is 2.11. The van der Waals surface area contributed by atoms with Gasteiger partial charge in [0.05, 0.1) is 0 Å². The zero-order valence-electron chi connectivity index (χ0n) is 10.8. The zero-order valence-corrected chi connectivity index (χ0v) is 12.3. The van der Waals surface area contributed by atoms with Crippen molar-refractivity contribution in [1.29, 1.82) is 0 Å². The van der Waals surface area contributed by atoms with E-state index in [-0.39, 0.29) is 16.0 Å². The van der Waals surface area contributed by atoms with Gasteiger partial charge in [0, 0.05) is 17.6 Å². The number of pyridine rings is 1. The molecule has 9 heteroatoms. The lowest BCUT2D eigenvalue weighted by molar-refractivity contribution is 0.587. The van der Waals surface area contributed by atoms with Crippen molar-refractivity contribution in [3.63, 3.8) is 0 Å². The van der Waals surface area contributed by atoms with Gasteiger partial charge in [0.15, 0.2) is 0 Å². The first-order chi connectivity index (χ1) is 9.37. The van der Waals surface area contributed by atoms with Gasteiger partial charge in [0.25, 0.3) is 10.0 Å². The number of rotatable bonds is 4. The summed E-state index contributed by atoms with van der Waals surface area (Å²) >= 11 is 5.61. The molecule has 106 valence electrons. The van der Waals surface area contributed by atoms with Gasteiger partial charge in [-0.05, 0) is 32.0 Å². The maximum Gasteiger partial charge on any atom is 0.258 e. The van der Waals surface area contributed by atoms with E-state index in [9.17, 15) is 8.42 Å². The molecule has 0 saturated heterocycles. The van der Waals surface area contributed by atoms with Crippen molar-refractivity contribution in [3.05, 3.63) is 40.9 Å². The summed E-state index contributed by atoms with van der Waals surface area (Å²) in [5.41, 5.74) is 3.92. The molecule has 0 radical (unpaired) electrons. The van der Waals surface area contributed by atoms with Crippen molar-refractivity contribution in [3.8, 4) is 0 Å². The summed E-state index contributed by atoms with van der Waals surface area (Å²) in [5, 5.41) is 0.217. The van der Waals surface area contributed by atoms with E-state index in [1.807, 2.05) is 0 Å². The number of nitrogens with zero attached hydrogens (tertiary/aromatic N) is 3. The molecule has 20 heavy (non-hydrogen) atoms. The van der Waals surface area contributed by atoms with Crippen molar-refractivity contribution >= 4 is 27.6 Å². The Bertz CT molecular complexity index is 698. The minimum Gasteiger partial charge on any atom is -0.276 e. The summed E-state index contributed by atoms with van der Waals surface area (Å²) in [6.07, 6.45) is 1.16. The molecule has 0 atom stereocenters. The molecule has 0 aliphatic carbocycles. The molecular formula is C11H12ClN5O2S. The molecule has 0 bridgehead atoms. The Kier molecular flexibility index (Phi) is 4.17. The third-order valence-electron chi connectivity index (χ3n) is 2.29. The van der Waals surface area contributed by atoms with Crippen molar-refractivity contribution in [2.24, 2.45) is 0 Å². The molecule has 2 rings (SSSR count). The molecule has 0 amide bonds. The fraction of sp³-hybridized carbons (Fsp3) is 0.182. The molecule has 0 aliphatic heterocycles. The third-order valence-corrected chi connectivity index (χ3v) is 3.75. The van der Waals surface area contributed by atoms with Crippen LogP contribution in [0.5, 0.6) is 0 Å². The Balaban J connectivity index is 2.15. The second-order valence-electron chi connectivity index (χ2n) is 4.02. The average molecular weight is 314 g/mol. The topological polar surface area (TPSA) is 96.9 Å². The van der Waals surface area contributed by atoms with Crippen molar-refractivity contribution in [2.75, 3.05) is 5.43 Å². The Labute approximate surface area is 121 Å². The Hall–Kier alpha value is -1.77. The van der Waals surface area contributed by atoms with E-state index < -0.39 is 10.0 Å². The van der Waals surface area contributed by atoms with Gasteiger partial charge >= 0.3 is 0 Å². The number of hydrogen-bond donors (Lipinski definition) is 2. The Morgan fingerprint density at radius 1 is 1.15 bits per heavy atom. The number of aryl methyl sites for hydroxylation is 2. The number of nitrogens with one attached hydrogen (secondary N) is 2. The quantitative estimate of drug-likeness (QED) is 0.655. The van der Waals surface area contributed by atoms with Gasteiger partial charge in [0.1, 0.15) is 10.0 Å². The molecule has 0 aliphatic rings. The molecule has 0 aromatic carbocycles. The number of hydrazine groups is 1. The summed E-state index contributed by atoms with van der Waals surface area (Å²) in [6.45, 7) is 3.58. The summed E-state index contributed by atoms with van der Waals surface area (Å²) in [4.78, 5) is 14.0. The van der Waals surface area contributed by atoms with Crippen LogP contribution in [0.1, 0.15) is 11.4 Å². The summed E-state index contributed by atoms with van der Waals surface area (Å²) in [5.74, 6) is 0.174. The Morgan fingerprint density at radius 3 is 2.35 bits per heavy atom. The first-order valence-electron chi connectivity index (χ1n) is 5.58. The van der Waals surface area contributed by atoms with Crippen LogP contribution in [-0.2, 0) is 10.0 Å². The van der Waals surface area contributed by atoms with E-state index in [0.29, 0.717) is 0 Å². The normalized spacial score (nSPS) is 11.3.